The van der Waals surface area contributed by atoms with Gasteiger partial charge in [-0.1, -0.05) is 0 Å². The molecule has 0 unspecified atom stereocenters. The van der Waals surface area contributed by atoms with Crippen molar-refractivity contribution in [2.75, 3.05) is 0 Å². The quantitative estimate of drug-likeness (QED) is 0.547. The van der Waals surface area contributed by atoms with Crippen LogP contribution >= 0.6 is 0 Å². The molecular weight excluding hydrogens is 144 g/mol. The van der Waals surface area contributed by atoms with Crippen LogP contribution < -0.4 is 5.43 Å². The summed E-state index contributed by atoms with van der Waals surface area (Å²) in [4.78, 5) is 10.8. The highest BCUT2D eigenvalue weighted by Crippen LogP contribution is 2.12. The van der Waals surface area contributed by atoms with Crippen molar-refractivity contribution in [2.45, 2.75) is 0 Å². The Bertz CT molecular complexity index is 396. The van der Waals surface area contributed by atoms with E-state index in [-0.39, 0.29) is 5.43 Å². The number of nitrogens with zero attached hydrogens (tertiary/aromatic N) is 2. The van der Waals surface area contributed by atoms with Crippen LogP contribution in [-0.2, 0) is 0 Å². The molecule has 0 amide bonds. The second kappa shape index (κ2) is 2.16. The van der Waals surface area contributed by atoms with Crippen LogP contribution in [0.2, 0.25) is 0 Å². The molecule has 1 aliphatic heterocycles. The molecule has 0 N–H and O–H groups in total. The topological polar surface area (TPSA) is 56.0 Å². The molecule has 0 bridgehead atoms. The first-order valence-corrected chi connectivity index (χ1v) is 3.06. The molecule has 0 aromatic carbocycles. The third-order valence-electron chi connectivity index (χ3n) is 1.32. The number of hydrogen-bond acceptors (Lipinski definition) is 4. The zero-order chi connectivity index (χ0) is 7.68. The number of rotatable bonds is 0. The summed E-state index contributed by atoms with van der Waals surface area (Å²) in [6, 6.07) is 4.38. The highest BCUT2D eigenvalue weighted by Gasteiger charge is 2.03. The first-order valence-electron chi connectivity index (χ1n) is 3.06. The third-order valence-corrected chi connectivity index (χ3v) is 1.32. The van der Waals surface area contributed by atoms with Gasteiger partial charge in [-0.2, -0.15) is 0 Å². The molecule has 0 saturated carbocycles. The molecule has 2 aliphatic rings. The predicted molar refractivity (Wildman–Crippen MR) is 37.2 cm³/mol. The van der Waals surface area contributed by atoms with E-state index in [0.717, 1.165) is 0 Å². The van der Waals surface area contributed by atoms with Crippen molar-refractivity contribution in [1.29, 1.82) is 0 Å². The second-order valence-electron chi connectivity index (χ2n) is 2.07. The van der Waals surface area contributed by atoms with Crippen LogP contribution in [-0.4, -0.2) is 10.2 Å². The van der Waals surface area contributed by atoms with E-state index in [1.807, 2.05) is 0 Å². The van der Waals surface area contributed by atoms with E-state index in [1.165, 1.54) is 18.5 Å². The molecule has 2 rings (SSSR count). The van der Waals surface area contributed by atoms with Crippen LogP contribution in [0.5, 0.6) is 0 Å². The van der Waals surface area contributed by atoms with E-state index >= 15 is 0 Å². The van der Waals surface area contributed by atoms with E-state index in [2.05, 4.69) is 10.2 Å². The van der Waals surface area contributed by atoms with Gasteiger partial charge in [0.2, 0.25) is 6.39 Å². The Balaban J connectivity index is 2.84. The second-order valence-corrected chi connectivity index (χ2v) is 2.07. The Morgan fingerprint density at radius 1 is 1.36 bits per heavy atom. The predicted octanol–water partition coefficient (Wildman–Crippen LogP) is 0.535. The lowest BCUT2D eigenvalue weighted by molar-refractivity contribution is 0.522. The van der Waals surface area contributed by atoms with Crippen molar-refractivity contribution in [1.82, 2.24) is 10.2 Å². The van der Waals surface area contributed by atoms with Crippen LogP contribution in [0.3, 0.4) is 0 Å². The molecule has 0 aromatic heterocycles. The molecule has 4 nitrogen and oxygen atoms in total. The molecule has 0 radical (unpaired) electrons. The Morgan fingerprint density at radius 2 is 2.27 bits per heavy atom. The van der Waals surface area contributed by atoms with Crippen molar-refractivity contribution in [3.63, 3.8) is 0 Å². The summed E-state index contributed by atoms with van der Waals surface area (Å²) >= 11 is 0. The van der Waals surface area contributed by atoms with Gasteiger partial charge in [-0.05, 0) is 12.1 Å². The average Bonchev–Trinajstić information content (AvgIpc) is 2.04. The molecule has 1 heterocycles. The zero-order valence-electron chi connectivity index (χ0n) is 5.52. The van der Waals surface area contributed by atoms with Crippen LogP contribution in [0.4, 0.5) is 0 Å². The Labute approximate surface area is 61.8 Å². The molecule has 11 heavy (non-hydrogen) atoms. The first-order chi connectivity index (χ1) is 5.36. The highest BCUT2D eigenvalue weighted by atomic mass is 16.3. The number of benzene rings is 1. The first kappa shape index (κ1) is 6.03. The monoisotopic (exact) mass is 148 g/mol. The summed E-state index contributed by atoms with van der Waals surface area (Å²) < 4.78 is 4.92. The highest BCUT2D eigenvalue weighted by molar-refractivity contribution is 5.51. The maximum atomic E-state index is 10.8. The lowest BCUT2D eigenvalue weighted by atomic mass is 10.2. The summed E-state index contributed by atoms with van der Waals surface area (Å²) in [5.74, 6) is 0.465. The molecule has 1 aliphatic carbocycles. The molecule has 4 heteroatoms. The van der Waals surface area contributed by atoms with E-state index in [0.29, 0.717) is 11.5 Å². The lowest BCUT2D eigenvalue weighted by Crippen LogP contribution is -1.99. The SMILES string of the molecule is O=c1ccc2nncoc-2c1. The van der Waals surface area contributed by atoms with Crippen LogP contribution in [0.25, 0.3) is 11.5 Å². The van der Waals surface area contributed by atoms with Gasteiger partial charge < -0.3 is 4.42 Å². The van der Waals surface area contributed by atoms with Gasteiger partial charge >= 0.3 is 0 Å². The molecule has 0 saturated heterocycles. The Morgan fingerprint density at radius 3 is 3.18 bits per heavy atom. The van der Waals surface area contributed by atoms with Crippen LogP contribution in [0, 0.1) is 0 Å². The fourth-order valence-corrected chi connectivity index (χ4v) is 0.838. The molecular formula is C7H4N2O2. The summed E-state index contributed by atoms with van der Waals surface area (Å²) in [7, 11) is 0. The molecule has 0 spiro atoms. The van der Waals surface area contributed by atoms with Crippen molar-refractivity contribution >= 4 is 0 Å². The van der Waals surface area contributed by atoms with E-state index < -0.39 is 0 Å². The van der Waals surface area contributed by atoms with E-state index in [1.54, 1.807) is 6.07 Å². The summed E-state index contributed by atoms with van der Waals surface area (Å²) in [5.41, 5.74) is 0.501. The fourth-order valence-electron chi connectivity index (χ4n) is 0.838. The normalized spacial score (nSPS) is 10.2. The molecule has 54 valence electrons. The van der Waals surface area contributed by atoms with Crippen molar-refractivity contribution in [3.05, 3.63) is 34.8 Å². The minimum Gasteiger partial charge on any atom is -0.442 e. The third kappa shape index (κ3) is 0.980. The minimum absolute atomic E-state index is 0.0887. The largest absolute Gasteiger partial charge is 0.442 e. The maximum Gasteiger partial charge on any atom is 0.201 e. The maximum absolute atomic E-state index is 10.8. The molecule has 0 atom stereocenters. The summed E-state index contributed by atoms with van der Waals surface area (Å²) in [5, 5.41) is 7.26. The average molecular weight is 148 g/mol. The smallest absolute Gasteiger partial charge is 0.201 e. The van der Waals surface area contributed by atoms with E-state index in [4.69, 9.17) is 4.42 Å². The van der Waals surface area contributed by atoms with Gasteiger partial charge in [-0.3, -0.25) is 4.79 Å². The standard InChI is InChI=1S/C7H4N2O2/c10-5-1-2-6-7(3-5)11-4-8-9-6/h1-4H. The Kier molecular flexibility index (Phi) is 1.18. The zero-order valence-corrected chi connectivity index (χ0v) is 5.52. The van der Waals surface area contributed by atoms with Crippen LogP contribution in [0.15, 0.2) is 33.8 Å². The van der Waals surface area contributed by atoms with Gasteiger partial charge in [-0.25, -0.2) is 0 Å². The van der Waals surface area contributed by atoms with Crippen LogP contribution in [0.1, 0.15) is 0 Å². The van der Waals surface area contributed by atoms with E-state index in [9.17, 15) is 4.79 Å². The van der Waals surface area contributed by atoms with Crippen molar-refractivity contribution in [3.8, 4) is 11.5 Å². The minimum atomic E-state index is -0.0887. The molecule has 0 fully saturated rings. The Hall–Kier alpha value is -1.71. The number of hydrogen-bond donors (Lipinski definition) is 0. The van der Waals surface area contributed by atoms with Crippen molar-refractivity contribution in [2.24, 2.45) is 0 Å². The van der Waals surface area contributed by atoms with Crippen molar-refractivity contribution < 1.29 is 4.42 Å². The van der Waals surface area contributed by atoms with Gasteiger partial charge in [0.05, 0.1) is 0 Å². The lowest BCUT2D eigenvalue weighted by Gasteiger charge is -1.96. The van der Waals surface area contributed by atoms with Gasteiger partial charge in [-0.15, -0.1) is 10.2 Å². The molecule has 0 aromatic rings. The van der Waals surface area contributed by atoms with Gasteiger partial charge in [0, 0.05) is 6.07 Å². The van der Waals surface area contributed by atoms with Gasteiger partial charge in [0.1, 0.15) is 5.69 Å². The summed E-state index contributed by atoms with van der Waals surface area (Å²) in [6.07, 6.45) is 1.20. The summed E-state index contributed by atoms with van der Waals surface area (Å²) in [6.45, 7) is 0. The van der Waals surface area contributed by atoms with Gasteiger partial charge in [0.15, 0.2) is 11.2 Å². The van der Waals surface area contributed by atoms with Gasteiger partial charge in [0.25, 0.3) is 0 Å². The fraction of sp³-hybridized carbons (Fsp3) is 0. The number of aromatic nitrogens is 2. The number of fused-ring (bicyclic) bond motifs is 1.